The molecule has 0 unspecified atom stereocenters. The molecule has 1 aromatic carbocycles. The molecule has 1 saturated carbocycles. The van der Waals surface area contributed by atoms with Gasteiger partial charge in [-0.25, -0.2) is 0 Å². The number of rotatable bonds is 7. The van der Waals surface area contributed by atoms with Crippen molar-refractivity contribution >= 4 is 11.8 Å². The van der Waals surface area contributed by atoms with Crippen molar-refractivity contribution < 1.29 is 9.59 Å². The van der Waals surface area contributed by atoms with Crippen molar-refractivity contribution in [2.75, 3.05) is 45.8 Å². The molecule has 158 valence electrons. The number of carbonyl (C=O) groups is 2. The highest BCUT2D eigenvalue weighted by Gasteiger charge is 2.36. The molecule has 6 nitrogen and oxygen atoms in total. The predicted octanol–water partition coefficient (Wildman–Crippen LogP) is 1.71. The lowest BCUT2D eigenvalue weighted by molar-refractivity contribution is -0.139. The van der Waals surface area contributed by atoms with Crippen LogP contribution in [0.3, 0.4) is 0 Å². The maximum atomic E-state index is 13.2. The number of piperidine rings is 1. The molecule has 0 atom stereocenters. The first kappa shape index (κ1) is 20.4. The maximum absolute atomic E-state index is 13.2. The third kappa shape index (κ3) is 5.58. The Kier molecular flexibility index (Phi) is 6.82. The van der Waals surface area contributed by atoms with Gasteiger partial charge in [-0.15, -0.1) is 0 Å². The Morgan fingerprint density at radius 1 is 0.966 bits per heavy atom. The highest BCUT2D eigenvalue weighted by molar-refractivity contribution is 5.79. The van der Waals surface area contributed by atoms with E-state index in [9.17, 15) is 9.59 Å². The van der Waals surface area contributed by atoms with Crippen LogP contribution in [0.2, 0.25) is 0 Å². The summed E-state index contributed by atoms with van der Waals surface area (Å²) in [5.74, 6) is 0.750. The molecular weight excluding hydrogens is 364 g/mol. The third-order valence-electron chi connectivity index (χ3n) is 6.51. The Morgan fingerprint density at radius 3 is 2.31 bits per heavy atom. The summed E-state index contributed by atoms with van der Waals surface area (Å²) in [6.07, 6.45) is 4.72. The second-order valence-corrected chi connectivity index (χ2v) is 8.68. The standard InChI is InChI=1S/C23H34N4O2/c28-22(26-16-11-24-12-17-26)10-15-25-13-8-20(9-14-25)23(29)27(21-6-7-21)18-19-4-2-1-3-5-19/h1-5,20-21,24H,6-18H2. The lowest BCUT2D eigenvalue weighted by atomic mass is 9.94. The minimum atomic E-state index is 0.138. The van der Waals surface area contributed by atoms with Gasteiger partial charge in [0.15, 0.2) is 0 Å². The Balaban J connectivity index is 1.23. The van der Waals surface area contributed by atoms with E-state index in [-0.39, 0.29) is 11.8 Å². The molecule has 1 aliphatic carbocycles. The SMILES string of the molecule is O=C(CCN1CCC(C(=O)N(Cc2ccccc2)C2CC2)CC1)N1CCNCC1. The molecule has 29 heavy (non-hydrogen) atoms. The molecule has 0 aromatic heterocycles. The zero-order valence-corrected chi connectivity index (χ0v) is 17.4. The average Bonchev–Trinajstić information content (AvgIpc) is 3.62. The summed E-state index contributed by atoms with van der Waals surface area (Å²) >= 11 is 0. The van der Waals surface area contributed by atoms with Gasteiger partial charge in [0.2, 0.25) is 11.8 Å². The van der Waals surface area contributed by atoms with E-state index < -0.39 is 0 Å². The van der Waals surface area contributed by atoms with Gasteiger partial charge in [-0.05, 0) is 44.3 Å². The topological polar surface area (TPSA) is 55.9 Å². The maximum Gasteiger partial charge on any atom is 0.226 e. The van der Waals surface area contributed by atoms with E-state index in [1.807, 2.05) is 23.1 Å². The summed E-state index contributed by atoms with van der Waals surface area (Å²) in [6.45, 7) is 6.87. The first-order chi connectivity index (χ1) is 14.2. The Hall–Kier alpha value is -1.92. The van der Waals surface area contributed by atoms with Gasteiger partial charge in [0.05, 0.1) is 0 Å². The molecule has 2 saturated heterocycles. The van der Waals surface area contributed by atoms with Crippen LogP contribution in [0, 0.1) is 5.92 Å². The van der Waals surface area contributed by atoms with Crippen LogP contribution in [-0.4, -0.2) is 78.4 Å². The van der Waals surface area contributed by atoms with Crippen LogP contribution >= 0.6 is 0 Å². The second kappa shape index (κ2) is 9.72. The average molecular weight is 399 g/mol. The van der Waals surface area contributed by atoms with Gasteiger partial charge >= 0.3 is 0 Å². The molecule has 6 heteroatoms. The summed E-state index contributed by atoms with van der Waals surface area (Å²) in [7, 11) is 0. The number of amides is 2. The molecule has 0 radical (unpaired) electrons. The smallest absolute Gasteiger partial charge is 0.226 e. The third-order valence-corrected chi connectivity index (χ3v) is 6.51. The van der Waals surface area contributed by atoms with Crippen LogP contribution in [0.25, 0.3) is 0 Å². The number of piperazine rings is 1. The van der Waals surface area contributed by atoms with Crippen molar-refractivity contribution in [3.63, 3.8) is 0 Å². The lowest BCUT2D eigenvalue weighted by Gasteiger charge is -2.35. The predicted molar refractivity (Wildman–Crippen MR) is 113 cm³/mol. The fraction of sp³-hybridized carbons (Fsp3) is 0.652. The van der Waals surface area contributed by atoms with Crippen molar-refractivity contribution in [3.05, 3.63) is 35.9 Å². The van der Waals surface area contributed by atoms with E-state index >= 15 is 0 Å². The van der Waals surface area contributed by atoms with Crippen LogP contribution in [0.4, 0.5) is 0 Å². The summed E-state index contributed by atoms with van der Waals surface area (Å²) < 4.78 is 0. The minimum Gasteiger partial charge on any atom is -0.340 e. The number of nitrogens with one attached hydrogen (secondary N) is 1. The Bertz CT molecular complexity index is 677. The molecule has 0 spiro atoms. The van der Waals surface area contributed by atoms with E-state index in [0.29, 0.717) is 18.4 Å². The number of hydrogen-bond donors (Lipinski definition) is 1. The molecule has 2 heterocycles. The van der Waals surface area contributed by atoms with Crippen LogP contribution in [0.1, 0.15) is 37.7 Å². The number of likely N-dealkylation sites (tertiary alicyclic amines) is 1. The highest BCUT2D eigenvalue weighted by atomic mass is 16.2. The van der Waals surface area contributed by atoms with Gasteiger partial charge in [0.25, 0.3) is 0 Å². The van der Waals surface area contributed by atoms with E-state index in [1.54, 1.807) is 0 Å². The second-order valence-electron chi connectivity index (χ2n) is 8.68. The Labute approximate surface area is 174 Å². The van der Waals surface area contributed by atoms with Crippen molar-refractivity contribution in [3.8, 4) is 0 Å². The zero-order chi connectivity index (χ0) is 20.1. The first-order valence-electron chi connectivity index (χ1n) is 11.3. The molecule has 0 bridgehead atoms. The lowest BCUT2D eigenvalue weighted by Crippen LogP contribution is -2.47. The van der Waals surface area contributed by atoms with Crippen molar-refractivity contribution in [2.24, 2.45) is 5.92 Å². The molecule has 1 N–H and O–H groups in total. The summed E-state index contributed by atoms with van der Waals surface area (Å²) in [4.78, 5) is 32.0. The van der Waals surface area contributed by atoms with Crippen LogP contribution in [0.5, 0.6) is 0 Å². The van der Waals surface area contributed by atoms with Gasteiger partial charge in [0.1, 0.15) is 0 Å². The van der Waals surface area contributed by atoms with E-state index in [2.05, 4.69) is 27.2 Å². The van der Waals surface area contributed by atoms with Gasteiger partial charge in [-0.3, -0.25) is 9.59 Å². The number of hydrogen-bond acceptors (Lipinski definition) is 4. The van der Waals surface area contributed by atoms with Gasteiger partial charge in [-0.1, -0.05) is 30.3 Å². The van der Waals surface area contributed by atoms with Gasteiger partial charge < -0.3 is 20.0 Å². The molecular formula is C23H34N4O2. The van der Waals surface area contributed by atoms with E-state index in [0.717, 1.165) is 78.0 Å². The summed E-state index contributed by atoms with van der Waals surface area (Å²) in [5, 5.41) is 3.29. The molecule has 4 rings (SSSR count). The van der Waals surface area contributed by atoms with Crippen molar-refractivity contribution in [1.29, 1.82) is 0 Å². The normalized spacial score (nSPS) is 21.2. The van der Waals surface area contributed by atoms with Crippen molar-refractivity contribution in [1.82, 2.24) is 20.0 Å². The van der Waals surface area contributed by atoms with Crippen LogP contribution in [0.15, 0.2) is 30.3 Å². The van der Waals surface area contributed by atoms with Gasteiger partial charge in [-0.2, -0.15) is 0 Å². The number of nitrogens with zero attached hydrogens (tertiary/aromatic N) is 3. The summed E-state index contributed by atoms with van der Waals surface area (Å²) in [5.41, 5.74) is 1.22. The van der Waals surface area contributed by atoms with E-state index in [4.69, 9.17) is 0 Å². The van der Waals surface area contributed by atoms with Crippen LogP contribution < -0.4 is 5.32 Å². The largest absolute Gasteiger partial charge is 0.340 e. The molecule has 3 aliphatic rings. The van der Waals surface area contributed by atoms with Crippen molar-refractivity contribution in [2.45, 2.75) is 44.7 Å². The molecule has 2 aliphatic heterocycles. The van der Waals surface area contributed by atoms with E-state index in [1.165, 1.54) is 5.56 Å². The quantitative estimate of drug-likeness (QED) is 0.760. The van der Waals surface area contributed by atoms with Crippen LogP contribution in [-0.2, 0) is 16.1 Å². The molecule has 3 fully saturated rings. The highest BCUT2D eigenvalue weighted by Crippen LogP contribution is 2.31. The number of carbonyl (C=O) groups excluding carboxylic acids is 2. The number of benzene rings is 1. The molecule has 1 aromatic rings. The first-order valence-corrected chi connectivity index (χ1v) is 11.3. The summed E-state index contributed by atoms with van der Waals surface area (Å²) in [6, 6.07) is 10.8. The fourth-order valence-corrected chi connectivity index (χ4v) is 4.52. The monoisotopic (exact) mass is 398 g/mol. The Morgan fingerprint density at radius 2 is 1.66 bits per heavy atom. The van der Waals surface area contributed by atoms with Gasteiger partial charge in [0, 0.05) is 57.6 Å². The zero-order valence-electron chi connectivity index (χ0n) is 17.4. The fourth-order valence-electron chi connectivity index (χ4n) is 4.52. The minimum absolute atomic E-state index is 0.138. The molecule has 2 amide bonds.